The first-order valence-electron chi connectivity index (χ1n) is 8.01. The number of hydrogen-bond acceptors (Lipinski definition) is 0. The van der Waals surface area contributed by atoms with Crippen LogP contribution in [0.5, 0.6) is 0 Å². The lowest BCUT2D eigenvalue weighted by Gasteiger charge is -1.98. The lowest BCUT2D eigenvalue weighted by molar-refractivity contribution is 0.627. The van der Waals surface area contributed by atoms with Crippen molar-refractivity contribution in [2.75, 3.05) is 0 Å². The van der Waals surface area contributed by atoms with Gasteiger partial charge in [0.1, 0.15) is 11.6 Å². The van der Waals surface area contributed by atoms with Crippen molar-refractivity contribution in [3.8, 4) is 23.7 Å². The van der Waals surface area contributed by atoms with Crippen LogP contribution in [-0.4, -0.2) is 0 Å². The van der Waals surface area contributed by atoms with E-state index in [1.165, 1.54) is 24.3 Å². The van der Waals surface area contributed by atoms with Crippen molar-refractivity contribution in [2.45, 2.75) is 0 Å². The van der Waals surface area contributed by atoms with Gasteiger partial charge in [0, 0.05) is 22.8 Å². The minimum absolute atomic E-state index is 0.291. The van der Waals surface area contributed by atoms with Crippen LogP contribution in [0.3, 0.4) is 0 Å². The number of allylic oxidation sites excluding steroid dienone is 2. The molecule has 0 spiro atoms. The maximum Gasteiger partial charge on any atom is 0.123 e. The molecule has 3 aromatic rings. The van der Waals surface area contributed by atoms with Crippen molar-refractivity contribution < 1.29 is 8.78 Å². The zero-order valence-corrected chi connectivity index (χ0v) is 13.8. The van der Waals surface area contributed by atoms with E-state index in [4.69, 9.17) is 0 Å². The normalized spacial score (nSPS) is 10.3. The number of hydrogen-bond donors (Lipinski definition) is 0. The predicted octanol–water partition coefficient (Wildman–Crippen LogP) is 5.45. The molecule has 0 amide bonds. The Morgan fingerprint density at radius 2 is 1.19 bits per heavy atom. The van der Waals surface area contributed by atoms with Crippen LogP contribution in [0.2, 0.25) is 0 Å². The molecule has 0 N–H and O–H groups in total. The Bertz CT molecular complexity index is 1020. The van der Waals surface area contributed by atoms with Crippen molar-refractivity contribution in [3.05, 3.63) is 113 Å². The summed E-state index contributed by atoms with van der Waals surface area (Å²) in [4.78, 5) is 0. The van der Waals surface area contributed by atoms with Gasteiger partial charge in [0.05, 0.1) is 0 Å². The van der Waals surface area contributed by atoms with Crippen molar-refractivity contribution >= 4 is 5.57 Å². The topological polar surface area (TPSA) is 0 Å². The summed E-state index contributed by atoms with van der Waals surface area (Å²) in [5.41, 5.74) is 3.14. The van der Waals surface area contributed by atoms with Gasteiger partial charge in [0.2, 0.25) is 0 Å². The quantitative estimate of drug-likeness (QED) is 0.517. The minimum Gasteiger partial charge on any atom is -0.207 e. The highest BCUT2D eigenvalue weighted by Gasteiger charge is 1.96. The zero-order chi connectivity index (χ0) is 18.2. The number of rotatable bonds is 1. The van der Waals surface area contributed by atoms with Gasteiger partial charge in [-0.05, 0) is 54.1 Å². The smallest absolute Gasteiger partial charge is 0.123 e. The molecule has 0 nitrogen and oxygen atoms in total. The van der Waals surface area contributed by atoms with Gasteiger partial charge in [-0.3, -0.25) is 0 Å². The highest BCUT2D eigenvalue weighted by molar-refractivity contribution is 5.81. The van der Waals surface area contributed by atoms with Crippen LogP contribution in [0.25, 0.3) is 5.57 Å². The second kappa shape index (κ2) is 8.47. The molecule has 0 radical (unpaired) electrons. The third-order valence-electron chi connectivity index (χ3n) is 3.55. The molecule has 26 heavy (non-hydrogen) atoms. The highest BCUT2D eigenvalue weighted by atomic mass is 19.1. The molecule has 124 valence electrons. The van der Waals surface area contributed by atoms with Crippen LogP contribution in [0.15, 0.2) is 84.9 Å². The van der Waals surface area contributed by atoms with E-state index >= 15 is 0 Å². The van der Waals surface area contributed by atoms with E-state index in [0.29, 0.717) is 0 Å². The van der Waals surface area contributed by atoms with Crippen LogP contribution < -0.4 is 0 Å². The molecule has 0 aromatic heterocycles. The summed E-state index contributed by atoms with van der Waals surface area (Å²) in [7, 11) is 0. The van der Waals surface area contributed by atoms with Crippen molar-refractivity contribution in [3.63, 3.8) is 0 Å². The van der Waals surface area contributed by atoms with Crippen LogP contribution >= 0.6 is 0 Å². The molecule has 3 rings (SSSR count). The van der Waals surface area contributed by atoms with Crippen LogP contribution in [-0.2, 0) is 0 Å². The summed E-state index contributed by atoms with van der Waals surface area (Å²) < 4.78 is 25.9. The Balaban J connectivity index is 1.92. The largest absolute Gasteiger partial charge is 0.207 e. The first-order valence-corrected chi connectivity index (χ1v) is 8.01. The minimum atomic E-state index is -0.292. The molecule has 0 heterocycles. The van der Waals surface area contributed by atoms with Gasteiger partial charge in [0.15, 0.2) is 0 Å². The Labute approximate surface area is 151 Å². The monoisotopic (exact) mass is 340 g/mol. The molecule has 0 fully saturated rings. The SMILES string of the molecule is Fc1ccc(C#C/C=C(\C#Cc2ccc(F)cc2)c2ccccc2)cc1. The Morgan fingerprint density at radius 3 is 1.77 bits per heavy atom. The number of halogens is 2. The molecule has 0 saturated carbocycles. The highest BCUT2D eigenvalue weighted by Crippen LogP contribution is 2.13. The molecule has 0 aliphatic heterocycles. The Morgan fingerprint density at radius 1 is 0.654 bits per heavy atom. The summed E-state index contributed by atoms with van der Waals surface area (Å²) in [5, 5.41) is 0. The molecule has 0 bridgehead atoms. The van der Waals surface area contributed by atoms with Gasteiger partial charge in [0.25, 0.3) is 0 Å². The van der Waals surface area contributed by atoms with E-state index in [1.54, 1.807) is 30.3 Å². The average Bonchev–Trinajstić information content (AvgIpc) is 2.68. The van der Waals surface area contributed by atoms with E-state index in [-0.39, 0.29) is 11.6 Å². The van der Waals surface area contributed by atoms with Crippen molar-refractivity contribution in [1.82, 2.24) is 0 Å². The standard InChI is InChI=1S/C24H14F2/c25-23-15-10-19(11-16-23)5-4-8-22(21-6-2-1-3-7-21)14-9-20-12-17-24(26)18-13-20/h1-3,6-8,10-13,15-18H/b22-8+. The van der Waals surface area contributed by atoms with E-state index in [2.05, 4.69) is 23.7 Å². The summed E-state index contributed by atoms with van der Waals surface area (Å²) in [5.74, 6) is 11.5. The summed E-state index contributed by atoms with van der Waals surface area (Å²) in [6.07, 6.45) is 1.73. The predicted molar refractivity (Wildman–Crippen MR) is 101 cm³/mol. The fourth-order valence-corrected chi connectivity index (χ4v) is 2.21. The molecular weight excluding hydrogens is 326 g/mol. The average molecular weight is 340 g/mol. The molecule has 0 unspecified atom stereocenters. The van der Waals surface area contributed by atoms with E-state index in [9.17, 15) is 8.78 Å². The van der Waals surface area contributed by atoms with Crippen LogP contribution in [0.1, 0.15) is 16.7 Å². The number of benzene rings is 3. The lowest BCUT2D eigenvalue weighted by atomic mass is 10.1. The maximum absolute atomic E-state index is 13.0. The van der Waals surface area contributed by atoms with E-state index < -0.39 is 0 Å². The maximum atomic E-state index is 13.0. The second-order valence-electron chi connectivity index (χ2n) is 5.46. The zero-order valence-electron chi connectivity index (χ0n) is 13.8. The first-order chi connectivity index (χ1) is 12.7. The fourth-order valence-electron chi connectivity index (χ4n) is 2.21. The summed E-state index contributed by atoms with van der Waals surface area (Å²) in [6, 6.07) is 21.7. The van der Waals surface area contributed by atoms with Gasteiger partial charge in [-0.25, -0.2) is 8.78 Å². The van der Waals surface area contributed by atoms with Crippen molar-refractivity contribution in [1.29, 1.82) is 0 Å². The molecule has 0 aliphatic carbocycles. The Kier molecular flexibility index (Phi) is 5.61. The second-order valence-corrected chi connectivity index (χ2v) is 5.46. The van der Waals surface area contributed by atoms with E-state index in [1.807, 2.05) is 30.3 Å². The molecule has 0 saturated heterocycles. The van der Waals surface area contributed by atoms with Crippen LogP contribution in [0, 0.1) is 35.3 Å². The molecule has 0 aliphatic rings. The van der Waals surface area contributed by atoms with Crippen molar-refractivity contribution in [2.24, 2.45) is 0 Å². The summed E-state index contributed by atoms with van der Waals surface area (Å²) in [6.45, 7) is 0. The van der Waals surface area contributed by atoms with Crippen LogP contribution in [0.4, 0.5) is 8.78 Å². The van der Waals surface area contributed by atoms with Gasteiger partial charge in [-0.15, -0.1) is 0 Å². The lowest BCUT2D eigenvalue weighted by Crippen LogP contribution is -1.82. The fraction of sp³-hybridized carbons (Fsp3) is 0. The van der Waals surface area contributed by atoms with Gasteiger partial charge >= 0.3 is 0 Å². The Hall–Kier alpha value is -3.62. The molecule has 2 heteroatoms. The summed E-state index contributed by atoms with van der Waals surface area (Å²) >= 11 is 0. The van der Waals surface area contributed by atoms with Gasteiger partial charge in [-0.1, -0.05) is 54.0 Å². The molecule has 0 atom stereocenters. The first kappa shape index (κ1) is 17.2. The molecule has 3 aromatic carbocycles. The third-order valence-corrected chi connectivity index (χ3v) is 3.55. The van der Waals surface area contributed by atoms with Gasteiger partial charge < -0.3 is 0 Å². The third kappa shape index (κ3) is 4.94. The van der Waals surface area contributed by atoms with Gasteiger partial charge in [-0.2, -0.15) is 0 Å². The molecular formula is C24H14F2. The van der Waals surface area contributed by atoms with E-state index in [0.717, 1.165) is 22.3 Å².